The summed E-state index contributed by atoms with van der Waals surface area (Å²) in [5.74, 6) is 0. The number of benzene rings is 2. The van der Waals surface area contributed by atoms with Crippen LogP contribution < -0.4 is 0 Å². The Kier molecular flexibility index (Phi) is 2.83. The second-order valence-corrected chi connectivity index (χ2v) is 3.64. The molecule has 14 heavy (non-hydrogen) atoms. The van der Waals surface area contributed by atoms with Crippen molar-refractivity contribution in [1.82, 2.24) is 0 Å². The molecule has 2 aromatic rings. The monoisotopic (exact) mass is 183 g/mol. The fourth-order valence-electron chi connectivity index (χ4n) is 1.72. The van der Waals surface area contributed by atoms with Crippen molar-refractivity contribution in [3.8, 4) is 0 Å². The van der Waals surface area contributed by atoms with Crippen molar-refractivity contribution in [2.75, 3.05) is 0 Å². The van der Waals surface area contributed by atoms with E-state index >= 15 is 0 Å². The molecule has 71 valence electrons. The highest BCUT2D eigenvalue weighted by molar-refractivity contribution is 5.82. The SMILES string of the molecule is [CH2]CCCc1ccc2ccccc2c1. The molecule has 0 aliphatic carbocycles. The van der Waals surface area contributed by atoms with Crippen LogP contribution in [-0.2, 0) is 6.42 Å². The second kappa shape index (κ2) is 4.28. The van der Waals surface area contributed by atoms with Crippen molar-refractivity contribution >= 4 is 10.8 Å². The Bertz CT molecular complexity index is 415. The van der Waals surface area contributed by atoms with Crippen LogP contribution >= 0.6 is 0 Å². The smallest absolute Gasteiger partial charge is 0.0181 e. The molecule has 0 heterocycles. The van der Waals surface area contributed by atoms with Crippen molar-refractivity contribution in [3.63, 3.8) is 0 Å². The Balaban J connectivity index is 2.32. The molecule has 0 amide bonds. The predicted octanol–water partition coefficient (Wildman–Crippen LogP) is 4.00. The summed E-state index contributed by atoms with van der Waals surface area (Å²) in [6.45, 7) is 3.86. The lowest BCUT2D eigenvalue weighted by molar-refractivity contribution is 0.842. The Morgan fingerprint density at radius 2 is 1.71 bits per heavy atom. The highest BCUT2D eigenvalue weighted by Crippen LogP contribution is 2.16. The molecule has 0 bridgehead atoms. The molecule has 2 aromatic carbocycles. The van der Waals surface area contributed by atoms with E-state index in [0.29, 0.717) is 0 Å². The van der Waals surface area contributed by atoms with Crippen LogP contribution in [0.3, 0.4) is 0 Å². The molecule has 0 saturated heterocycles. The Hall–Kier alpha value is -1.30. The number of fused-ring (bicyclic) bond motifs is 1. The fourth-order valence-corrected chi connectivity index (χ4v) is 1.72. The summed E-state index contributed by atoms with van der Waals surface area (Å²) < 4.78 is 0. The van der Waals surface area contributed by atoms with E-state index in [1.165, 1.54) is 22.8 Å². The summed E-state index contributed by atoms with van der Waals surface area (Å²) in [6.07, 6.45) is 3.35. The molecule has 1 radical (unpaired) electrons. The van der Waals surface area contributed by atoms with Crippen LogP contribution in [0.4, 0.5) is 0 Å². The van der Waals surface area contributed by atoms with E-state index in [9.17, 15) is 0 Å². The van der Waals surface area contributed by atoms with Gasteiger partial charge in [-0.25, -0.2) is 0 Å². The van der Waals surface area contributed by atoms with Crippen molar-refractivity contribution in [3.05, 3.63) is 55.0 Å². The van der Waals surface area contributed by atoms with Crippen LogP contribution in [0.1, 0.15) is 18.4 Å². The maximum absolute atomic E-state index is 3.86. The molecular weight excluding hydrogens is 168 g/mol. The largest absolute Gasteiger partial charge is 0.0616 e. The van der Waals surface area contributed by atoms with E-state index < -0.39 is 0 Å². The van der Waals surface area contributed by atoms with E-state index in [2.05, 4.69) is 49.4 Å². The highest BCUT2D eigenvalue weighted by atomic mass is 14.0. The van der Waals surface area contributed by atoms with Gasteiger partial charge in [0.05, 0.1) is 0 Å². The van der Waals surface area contributed by atoms with Crippen molar-refractivity contribution in [1.29, 1.82) is 0 Å². The van der Waals surface area contributed by atoms with Gasteiger partial charge in [-0.15, -0.1) is 0 Å². The van der Waals surface area contributed by atoms with E-state index in [1.807, 2.05) is 0 Å². The van der Waals surface area contributed by atoms with E-state index in [0.717, 1.165) is 12.8 Å². The quantitative estimate of drug-likeness (QED) is 0.674. The number of rotatable bonds is 3. The van der Waals surface area contributed by atoms with Gasteiger partial charge < -0.3 is 0 Å². The van der Waals surface area contributed by atoms with Crippen LogP contribution in [0, 0.1) is 6.92 Å². The first kappa shape index (κ1) is 9.26. The zero-order valence-electron chi connectivity index (χ0n) is 8.37. The maximum atomic E-state index is 3.86. The summed E-state index contributed by atoms with van der Waals surface area (Å²) in [6, 6.07) is 15.2. The first-order chi connectivity index (χ1) is 6.90. The molecule has 0 saturated carbocycles. The Morgan fingerprint density at radius 1 is 0.929 bits per heavy atom. The summed E-state index contributed by atoms with van der Waals surface area (Å²) in [7, 11) is 0. The van der Waals surface area contributed by atoms with Crippen molar-refractivity contribution in [2.24, 2.45) is 0 Å². The normalized spacial score (nSPS) is 10.6. The summed E-state index contributed by atoms with van der Waals surface area (Å²) in [5.41, 5.74) is 1.42. The van der Waals surface area contributed by atoms with Gasteiger partial charge in [-0.3, -0.25) is 0 Å². The molecule has 0 aliphatic rings. The topological polar surface area (TPSA) is 0 Å². The zero-order chi connectivity index (χ0) is 9.80. The van der Waals surface area contributed by atoms with Gasteiger partial charge in [-0.1, -0.05) is 55.8 Å². The van der Waals surface area contributed by atoms with Gasteiger partial charge in [0.1, 0.15) is 0 Å². The number of hydrogen-bond donors (Lipinski definition) is 0. The lowest BCUT2D eigenvalue weighted by Gasteiger charge is -2.02. The summed E-state index contributed by atoms with van der Waals surface area (Å²) >= 11 is 0. The minimum Gasteiger partial charge on any atom is -0.0616 e. The third kappa shape index (κ3) is 1.95. The number of hydrogen-bond acceptors (Lipinski definition) is 0. The molecule has 0 aromatic heterocycles. The van der Waals surface area contributed by atoms with Gasteiger partial charge in [-0.2, -0.15) is 0 Å². The van der Waals surface area contributed by atoms with Gasteiger partial charge in [0.15, 0.2) is 0 Å². The first-order valence-electron chi connectivity index (χ1n) is 5.17. The third-order valence-corrected chi connectivity index (χ3v) is 2.53. The van der Waals surface area contributed by atoms with E-state index in [1.54, 1.807) is 0 Å². The molecule has 0 aliphatic heterocycles. The molecule has 0 fully saturated rings. The predicted molar refractivity (Wildman–Crippen MR) is 62.2 cm³/mol. The standard InChI is InChI=1S/C14H15/c1-2-3-6-12-9-10-13-7-4-5-8-14(13)11-12/h4-5,7-11H,1-3,6H2. The summed E-state index contributed by atoms with van der Waals surface area (Å²) in [4.78, 5) is 0. The molecule has 0 N–H and O–H groups in total. The van der Waals surface area contributed by atoms with Crippen LogP contribution in [0.5, 0.6) is 0 Å². The van der Waals surface area contributed by atoms with Crippen LogP contribution in [0.2, 0.25) is 0 Å². The molecule has 0 unspecified atom stereocenters. The number of aryl methyl sites for hydroxylation is 1. The van der Waals surface area contributed by atoms with E-state index in [-0.39, 0.29) is 0 Å². The van der Waals surface area contributed by atoms with Crippen LogP contribution in [0.25, 0.3) is 10.8 Å². The molecule has 2 rings (SSSR count). The lowest BCUT2D eigenvalue weighted by Crippen LogP contribution is -1.84. The Morgan fingerprint density at radius 3 is 2.50 bits per heavy atom. The van der Waals surface area contributed by atoms with Gasteiger partial charge in [0.2, 0.25) is 0 Å². The van der Waals surface area contributed by atoms with Crippen molar-refractivity contribution < 1.29 is 0 Å². The minimum absolute atomic E-state index is 1.02. The Labute approximate surface area is 85.6 Å². The van der Waals surface area contributed by atoms with Gasteiger partial charge in [-0.05, 0) is 29.2 Å². The lowest BCUT2D eigenvalue weighted by atomic mass is 10.0. The molecule has 0 spiro atoms. The average Bonchev–Trinajstić information content (AvgIpc) is 2.26. The van der Waals surface area contributed by atoms with Gasteiger partial charge in [0, 0.05) is 0 Å². The highest BCUT2D eigenvalue weighted by Gasteiger charge is 1.95. The number of unbranched alkanes of at least 4 members (excludes halogenated alkanes) is 1. The van der Waals surface area contributed by atoms with Gasteiger partial charge >= 0.3 is 0 Å². The van der Waals surface area contributed by atoms with Crippen molar-refractivity contribution in [2.45, 2.75) is 19.3 Å². The fraction of sp³-hybridized carbons (Fsp3) is 0.214. The van der Waals surface area contributed by atoms with E-state index in [4.69, 9.17) is 0 Å². The summed E-state index contributed by atoms with van der Waals surface area (Å²) in [5, 5.41) is 2.67. The molecule has 0 heteroatoms. The average molecular weight is 183 g/mol. The minimum atomic E-state index is 1.02. The molecule has 0 atom stereocenters. The van der Waals surface area contributed by atoms with Crippen LogP contribution in [-0.4, -0.2) is 0 Å². The molecule has 0 nitrogen and oxygen atoms in total. The zero-order valence-corrected chi connectivity index (χ0v) is 8.37. The maximum Gasteiger partial charge on any atom is -0.0181 e. The van der Waals surface area contributed by atoms with Crippen LogP contribution in [0.15, 0.2) is 42.5 Å². The second-order valence-electron chi connectivity index (χ2n) is 3.64. The van der Waals surface area contributed by atoms with Gasteiger partial charge in [0.25, 0.3) is 0 Å². The first-order valence-corrected chi connectivity index (χ1v) is 5.17. The molecular formula is C14H15. The third-order valence-electron chi connectivity index (χ3n) is 2.53.